The van der Waals surface area contributed by atoms with Crippen molar-refractivity contribution in [1.82, 2.24) is 10.6 Å². The van der Waals surface area contributed by atoms with Crippen LogP contribution in [0.3, 0.4) is 0 Å². The molecule has 82 valence electrons. The van der Waals surface area contributed by atoms with Gasteiger partial charge >= 0.3 is 0 Å². The topological polar surface area (TPSA) is 61.4 Å². The van der Waals surface area contributed by atoms with E-state index in [0.29, 0.717) is 12.6 Å². The summed E-state index contributed by atoms with van der Waals surface area (Å²) < 4.78 is 0. The highest BCUT2D eigenvalue weighted by Gasteiger charge is 2.22. The molecule has 1 unspecified atom stereocenters. The van der Waals surface area contributed by atoms with Crippen LogP contribution in [0.25, 0.3) is 0 Å². The Bertz CT molecular complexity index is 179. The van der Waals surface area contributed by atoms with Crippen molar-refractivity contribution in [2.75, 3.05) is 13.1 Å². The van der Waals surface area contributed by atoms with Crippen molar-refractivity contribution in [3.63, 3.8) is 0 Å². The molecule has 1 aliphatic rings. The Hall–Kier alpha value is -0.610. The Morgan fingerprint density at radius 1 is 1.57 bits per heavy atom. The minimum Gasteiger partial charge on any atom is -0.393 e. The summed E-state index contributed by atoms with van der Waals surface area (Å²) in [5, 5.41) is 14.9. The lowest BCUT2D eigenvalue weighted by Gasteiger charge is -2.06. The first-order valence-electron chi connectivity index (χ1n) is 5.36. The molecule has 4 nitrogen and oxygen atoms in total. The number of aliphatic hydroxyl groups is 1. The fourth-order valence-electron chi connectivity index (χ4n) is 1.23. The van der Waals surface area contributed by atoms with Gasteiger partial charge in [0.15, 0.2) is 0 Å². The molecule has 14 heavy (non-hydrogen) atoms. The van der Waals surface area contributed by atoms with E-state index in [-0.39, 0.29) is 12.0 Å². The van der Waals surface area contributed by atoms with Crippen molar-refractivity contribution in [3.05, 3.63) is 0 Å². The van der Waals surface area contributed by atoms with E-state index < -0.39 is 0 Å². The van der Waals surface area contributed by atoms with Crippen LogP contribution >= 0.6 is 0 Å². The lowest BCUT2D eigenvalue weighted by molar-refractivity contribution is -0.120. The predicted octanol–water partition coefficient (Wildman–Crippen LogP) is 0.0156. The summed E-state index contributed by atoms with van der Waals surface area (Å²) in [6.07, 6.45) is 3.73. The third kappa shape index (κ3) is 5.94. The van der Waals surface area contributed by atoms with Crippen LogP contribution in [0, 0.1) is 0 Å². The molecule has 0 bridgehead atoms. The molecule has 0 aromatic rings. The van der Waals surface area contributed by atoms with Gasteiger partial charge in [0.05, 0.1) is 12.6 Å². The monoisotopic (exact) mass is 200 g/mol. The number of hydrogen-bond acceptors (Lipinski definition) is 3. The van der Waals surface area contributed by atoms with Gasteiger partial charge in [0.25, 0.3) is 0 Å². The summed E-state index contributed by atoms with van der Waals surface area (Å²) in [5.41, 5.74) is 0. The molecule has 1 rings (SSSR count). The quantitative estimate of drug-likeness (QED) is 0.508. The Balaban J connectivity index is 1.84. The van der Waals surface area contributed by atoms with Crippen molar-refractivity contribution in [2.24, 2.45) is 0 Å². The second kappa shape index (κ2) is 5.98. The summed E-state index contributed by atoms with van der Waals surface area (Å²) in [6, 6.07) is 0.446. The minimum absolute atomic E-state index is 0.0875. The van der Waals surface area contributed by atoms with E-state index in [2.05, 4.69) is 10.6 Å². The molecule has 0 aromatic heterocycles. The van der Waals surface area contributed by atoms with Gasteiger partial charge in [0.2, 0.25) is 5.91 Å². The molecule has 1 atom stereocenters. The molecule has 0 heterocycles. The van der Waals surface area contributed by atoms with Crippen LogP contribution < -0.4 is 10.6 Å². The zero-order valence-electron chi connectivity index (χ0n) is 8.75. The molecule has 0 spiro atoms. The van der Waals surface area contributed by atoms with Crippen LogP contribution in [0.15, 0.2) is 0 Å². The van der Waals surface area contributed by atoms with Crippen LogP contribution in [-0.4, -0.2) is 36.2 Å². The van der Waals surface area contributed by atoms with Crippen LogP contribution in [0.5, 0.6) is 0 Å². The molecule has 0 aliphatic heterocycles. The second-order valence-corrected chi connectivity index (χ2v) is 4.01. The smallest absolute Gasteiger partial charge is 0.234 e. The largest absolute Gasteiger partial charge is 0.393 e. The highest BCUT2D eigenvalue weighted by molar-refractivity contribution is 5.78. The second-order valence-electron chi connectivity index (χ2n) is 4.01. The van der Waals surface area contributed by atoms with Crippen LogP contribution in [0.2, 0.25) is 0 Å². The van der Waals surface area contributed by atoms with Crippen LogP contribution in [-0.2, 0) is 4.79 Å². The standard InChI is InChI=1S/C10H20N2O2/c1-8(13)3-2-6-11-7-10(14)12-9-4-5-9/h8-9,11,13H,2-7H2,1H3,(H,12,14). The summed E-state index contributed by atoms with van der Waals surface area (Å²) in [4.78, 5) is 11.2. The number of rotatable bonds is 7. The molecule has 1 aliphatic carbocycles. The Morgan fingerprint density at radius 2 is 2.29 bits per heavy atom. The highest BCUT2D eigenvalue weighted by Crippen LogP contribution is 2.18. The number of carbonyl (C=O) groups excluding carboxylic acids is 1. The van der Waals surface area contributed by atoms with Crippen molar-refractivity contribution >= 4 is 5.91 Å². The van der Waals surface area contributed by atoms with Gasteiger partial charge in [-0.25, -0.2) is 0 Å². The molecule has 3 N–H and O–H groups in total. The lowest BCUT2D eigenvalue weighted by atomic mass is 10.2. The number of amides is 1. The average Bonchev–Trinajstić information content (AvgIpc) is 2.87. The lowest BCUT2D eigenvalue weighted by Crippen LogP contribution is -2.35. The first-order chi connectivity index (χ1) is 6.68. The summed E-state index contributed by atoms with van der Waals surface area (Å²) in [6.45, 7) is 2.97. The van der Waals surface area contributed by atoms with Gasteiger partial charge in [-0.05, 0) is 39.2 Å². The molecular formula is C10H20N2O2. The third-order valence-electron chi connectivity index (χ3n) is 2.20. The van der Waals surface area contributed by atoms with Gasteiger partial charge in [-0.3, -0.25) is 4.79 Å². The van der Waals surface area contributed by atoms with Gasteiger partial charge in [-0.2, -0.15) is 0 Å². The summed E-state index contributed by atoms with van der Waals surface area (Å²) in [7, 11) is 0. The molecule has 1 fully saturated rings. The van der Waals surface area contributed by atoms with Gasteiger partial charge in [0, 0.05) is 6.04 Å². The van der Waals surface area contributed by atoms with Gasteiger partial charge < -0.3 is 15.7 Å². The van der Waals surface area contributed by atoms with Gasteiger partial charge in [0.1, 0.15) is 0 Å². The van der Waals surface area contributed by atoms with E-state index in [9.17, 15) is 4.79 Å². The molecule has 1 saturated carbocycles. The first kappa shape index (κ1) is 11.5. The van der Waals surface area contributed by atoms with Crippen LogP contribution in [0.4, 0.5) is 0 Å². The first-order valence-corrected chi connectivity index (χ1v) is 5.36. The van der Waals surface area contributed by atoms with E-state index >= 15 is 0 Å². The minimum atomic E-state index is -0.239. The normalized spacial score (nSPS) is 17.9. The van der Waals surface area contributed by atoms with Crippen molar-refractivity contribution in [3.8, 4) is 0 Å². The zero-order valence-corrected chi connectivity index (χ0v) is 8.75. The Morgan fingerprint density at radius 3 is 2.86 bits per heavy atom. The number of hydrogen-bond donors (Lipinski definition) is 3. The number of nitrogens with one attached hydrogen (secondary N) is 2. The maximum Gasteiger partial charge on any atom is 0.234 e. The molecule has 1 amide bonds. The van der Waals surface area contributed by atoms with Gasteiger partial charge in [-0.1, -0.05) is 0 Å². The Labute approximate surface area is 85.1 Å². The number of carbonyl (C=O) groups is 1. The fraction of sp³-hybridized carbons (Fsp3) is 0.900. The number of aliphatic hydroxyl groups excluding tert-OH is 1. The van der Waals surface area contributed by atoms with E-state index in [0.717, 1.165) is 32.2 Å². The molecule has 0 aromatic carbocycles. The van der Waals surface area contributed by atoms with Crippen molar-refractivity contribution in [2.45, 2.75) is 44.8 Å². The van der Waals surface area contributed by atoms with E-state index in [1.54, 1.807) is 6.92 Å². The molecular weight excluding hydrogens is 180 g/mol. The SMILES string of the molecule is CC(O)CCCNCC(=O)NC1CC1. The highest BCUT2D eigenvalue weighted by atomic mass is 16.3. The van der Waals surface area contributed by atoms with E-state index in [1.165, 1.54) is 0 Å². The zero-order chi connectivity index (χ0) is 10.4. The Kier molecular flexibility index (Phi) is 4.90. The van der Waals surface area contributed by atoms with Gasteiger partial charge in [-0.15, -0.1) is 0 Å². The van der Waals surface area contributed by atoms with Crippen molar-refractivity contribution < 1.29 is 9.90 Å². The van der Waals surface area contributed by atoms with E-state index in [4.69, 9.17) is 5.11 Å². The maximum absolute atomic E-state index is 11.2. The molecule has 4 heteroatoms. The predicted molar refractivity (Wildman–Crippen MR) is 54.9 cm³/mol. The fourth-order valence-corrected chi connectivity index (χ4v) is 1.23. The summed E-state index contributed by atoms with van der Waals surface area (Å²) in [5.74, 6) is 0.0875. The molecule has 0 radical (unpaired) electrons. The average molecular weight is 200 g/mol. The third-order valence-corrected chi connectivity index (χ3v) is 2.20. The maximum atomic E-state index is 11.2. The summed E-state index contributed by atoms with van der Waals surface area (Å²) >= 11 is 0. The van der Waals surface area contributed by atoms with Crippen LogP contribution in [0.1, 0.15) is 32.6 Å². The van der Waals surface area contributed by atoms with E-state index in [1.807, 2.05) is 0 Å². The van der Waals surface area contributed by atoms with Crippen molar-refractivity contribution in [1.29, 1.82) is 0 Å². The molecule has 0 saturated heterocycles.